The first-order chi connectivity index (χ1) is 7.80. The Hall–Kier alpha value is -1.31. The molecule has 0 bridgehead atoms. The van der Waals surface area contributed by atoms with Crippen molar-refractivity contribution in [2.24, 2.45) is 4.99 Å². The molecule has 0 aliphatic carbocycles. The molecule has 16 heavy (non-hydrogen) atoms. The van der Waals surface area contributed by atoms with Gasteiger partial charge in [-0.15, -0.1) is 0 Å². The van der Waals surface area contributed by atoms with Crippen molar-refractivity contribution in [2.75, 3.05) is 0 Å². The zero-order valence-corrected chi connectivity index (χ0v) is 10.0. The molecule has 0 spiro atoms. The minimum Gasteiger partial charge on any atom is -0.475 e. The molecule has 0 amide bonds. The van der Waals surface area contributed by atoms with E-state index in [0.29, 0.717) is 0 Å². The second-order valence-electron chi connectivity index (χ2n) is 4.35. The van der Waals surface area contributed by atoms with Crippen LogP contribution >= 0.6 is 0 Å². The van der Waals surface area contributed by atoms with Gasteiger partial charge in [-0.2, -0.15) is 0 Å². The van der Waals surface area contributed by atoms with Gasteiger partial charge in [0, 0.05) is 0 Å². The maximum absolute atomic E-state index is 5.73. The molecule has 0 radical (unpaired) electrons. The van der Waals surface area contributed by atoms with E-state index in [1.165, 1.54) is 5.56 Å². The molecule has 0 aromatic heterocycles. The van der Waals surface area contributed by atoms with Crippen LogP contribution in [0.15, 0.2) is 35.3 Å². The monoisotopic (exact) mass is 217 g/mol. The molecule has 2 heteroatoms. The second kappa shape index (κ2) is 4.69. The number of hydrogen-bond acceptors (Lipinski definition) is 2. The normalized spacial score (nSPS) is 22.0. The smallest absolute Gasteiger partial charge is 0.170 e. The lowest BCUT2D eigenvalue weighted by Crippen LogP contribution is -2.39. The Morgan fingerprint density at radius 1 is 1.19 bits per heavy atom. The van der Waals surface area contributed by atoms with Gasteiger partial charge in [0.15, 0.2) is 6.40 Å². The van der Waals surface area contributed by atoms with Crippen LogP contribution in [0.25, 0.3) is 0 Å². The molecule has 0 unspecified atom stereocenters. The summed E-state index contributed by atoms with van der Waals surface area (Å²) in [6.07, 6.45) is 4.64. The molecule has 0 N–H and O–H groups in total. The van der Waals surface area contributed by atoms with Crippen LogP contribution in [0.4, 0.5) is 0 Å². The predicted molar refractivity (Wildman–Crippen MR) is 66.8 cm³/mol. The number of rotatable bonds is 4. The Labute approximate surface area is 97.4 Å². The summed E-state index contributed by atoms with van der Waals surface area (Å²) in [5, 5.41) is 0. The molecule has 0 saturated carbocycles. The molecule has 1 aromatic rings. The highest BCUT2D eigenvalue weighted by molar-refractivity contribution is 5.51. The van der Waals surface area contributed by atoms with E-state index in [-0.39, 0.29) is 11.6 Å². The van der Waals surface area contributed by atoms with Gasteiger partial charge in [-0.3, -0.25) is 4.99 Å². The van der Waals surface area contributed by atoms with Crippen LogP contribution in [-0.2, 0) is 11.2 Å². The highest BCUT2D eigenvalue weighted by atomic mass is 16.5. The first-order valence-corrected chi connectivity index (χ1v) is 6.04. The first kappa shape index (κ1) is 11.2. The van der Waals surface area contributed by atoms with Gasteiger partial charge in [0.25, 0.3) is 0 Å². The molecule has 1 aliphatic rings. The highest BCUT2D eigenvalue weighted by Crippen LogP contribution is 2.32. The van der Waals surface area contributed by atoms with E-state index in [4.69, 9.17) is 4.74 Å². The fourth-order valence-corrected chi connectivity index (χ4v) is 2.39. The van der Waals surface area contributed by atoms with Gasteiger partial charge in [0.2, 0.25) is 0 Å². The lowest BCUT2D eigenvalue weighted by atomic mass is 9.85. The molecule has 2 rings (SSSR count). The second-order valence-corrected chi connectivity index (χ2v) is 4.35. The van der Waals surface area contributed by atoms with E-state index in [2.05, 4.69) is 43.1 Å². The summed E-state index contributed by atoms with van der Waals surface area (Å²) in [6, 6.07) is 10.8. The van der Waals surface area contributed by atoms with Gasteiger partial charge >= 0.3 is 0 Å². The largest absolute Gasteiger partial charge is 0.475 e. The molecular weight excluding hydrogens is 198 g/mol. The Morgan fingerprint density at radius 2 is 1.88 bits per heavy atom. The number of benzene rings is 1. The van der Waals surface area contributed by atoms with Gasteiger partial charge in [0.1, 0.15) is 5.60 Å². The van der Waals surface area contributed by atoms with Gasteiger partial charge in [-0.1, -0.05) is 44.2 Å². The third-order valence-corrected chi connectivity index (χ3v) is 3.60. The van der Waals surface area contributed by atoms with Crippen molar-refractivity contribution in [3.05, 3.63) is 35.9 Å². The van der Waals surface area contributed by atoms with Crippen molar-refractivity contribution in [1.82, 2.24) is 0 Å². The first-order valence-electron chi connectivity index (χ1n) is 6.04. The van der Waals surface area contributed by atoms with Crippen molar-refractivity contribution in [3.8, 4) is 0 Å². The zero-order valence-electron chi connectivity index (χ0n) is 10.0. The number of hydrogen-bond donors (Lipinski definition) is 0. The maximum Gasteiger partial charge on any atom is 0.170 e. The standard InChI is InChI=1S/C14H19NO/c1-3-14(4-2)13(15-11-16-14)10-12-8-6-5-7-9-12/h5-9,11,13H,3-4,10H2,1-2H3/t13-/m1/s1. The highest BCUT2D eigenvalue weighted by Gasteiger charge is 2.40. The Kier molecular flexibility index (Phi) is 3.28. The Morgan fingerprint density at radius 3 is 2.50 bits per heavy atom. The maximum atomic E-state index is 5.73. The molecule has 86 valence electrons. The molecule has 1 atom stereocenters. The molecule has 1 aliphatic heterocycles. The van der Waals surface area contributed by atoms with E-state index < -0.39 is 0 Å². The average molecular weight is 217 g/mol. The quantitative estimate of drug-likeness (QED) is 0.759. The van der Waals surface area contributed by atoms with Gasteiger partial charge < -0.3 is 4.74 Å². The van der Waals surface area contributed by atoms with Gasteiger partial charge in [-0.25, -0.2) is 0 Å². The van der Waals surface area contributed by atoms with E-state index in [9.17, 15) is 0 Å². The number of ether oxygens (including phenoxy) is 1. The Balaban J connectivity index is 2.12. The molecule has 0 saturated heterocycles. The fraction of sp³-hybridized carbons (Fsp3) is 0.500. The summed E-state index contributed by atoms with van der Waals surface area (Å²) in [6.45, 7) is 4.35. The summed E-state index contributed by atoms with van der Waals surface area (Å²) < 4.78 is 5.73. The Bertz CT molecular complexity index is 354. The summed E-state index contributed by atoms with van der Waals surface area (Å²) in [5.74, 6) is 0. The van der Waals surface area contributed by atoms with Crippen LogP contribution in [0, 0.1) is 0 Å². The zero-order chi connectivity index (χ0) is 11.4. The molecule has 1 aromatic carbocycles. The summed E-state index contributed by atoms with van der Waals surface area (Å²) >= 11 is 0. The SMILES string of the molecule is CCC1(CC)OC=N[C@@H]1Cc1ccccc1. The number of aliphatic imine (C=N–C) groups is 1. The summed E-state index contributed by atoms with van der Waals surface area (Å²) in [5.41, 5.74) is 1.26. The van der Waals surface area contributed by atoms with Crippen molar-refractivity contribution < 1.29 is 4.74 Å². The van der Waals surface area contributed by atoms with Crippen molar-refractivity contribution in [2.45, 2.75) is 44.8 Å². The van der Waals surface area contributed by atoms with Crippen LogP contribution in [0.3, 0.4) is 0 Å². The minimum atomic E-state index is -0.0736. The van der Waals surface area contributed by atoms with Crippen LogP contribution in [0.1, 0.15) is 32.3 Å². The third-order valence-electron chi connectivity index (χ3n) is 3.60. The molecular formula is C14H19NO. The topological polar surface area (TPSA) is 21.6 Å². The third kappa shape index (κ3) is 1.97. The van der Waals surface area contributed by atoms with Crippen LogP contribution in [0.2, 0.25) is 0 Å². The lowest BCUT2D eigenvalue weighted by molar-refractivity contribution is 0.0528. The van der Waals surface area contributed by atoms with E-state index in [1.807, 2.05) is 6.07 Å². The summed E-state index contributed by atoms with van der Waals surface area (Å²) in [7, 11) is 0. The van der Waals surface area contributed by atoms with E-state index >= 15 is 0 Å². The van der Waals surface area contributed by atoms with Crippen molar-refractivity contribution in [1.29, 1.82) is 0 Å². The van der Waals surface area contributed by atoms with Gasteiger partial charge in [-0.05, 0) is 24.8 Å². The van der Waals surface area contributed by atoms with Crippen molar-refractivity contribution in [3.63, 3.8) is 0 Å². The van der Waals surface area contributed by atoms with Crippen molar-refractivity contribution >= 4 is 6.40 Å². The average Bonchev–Trinajstić information content (AvgIpc) is 2.74. The van der Waals surface area contributed by atoms with E-state index in [1.54, 1.807) is 6.40 Å². The van der Waals surface area contributed by atoms with Gasteiger partial charge in [0.05, 0.1) is 6.04 Å². The fourth-order valence-electron chi connectivity index (χ4n) is 2.39. The molecule has 2 nitrogen and oxygen atoms in total. The van der Waals surface area contributed by atoms with E-state index in [0.717, 1.165) is 19.3 Å². The molecule has 0 fully saturated rings. The predicted octanol–water partition coefficient (Wildman–Crippen LogP) is 3.22. The molecule has 1 heterocycles. The number of nitrogens with zero attached hydrogens (tertiary/aromatic N) is 1. The van der Waals surface area contributed by atoms with Crippen LogP contribution in [0.5, 0.6) is 0 Å². The lowest BCUT2D eigenvalue weighted by Gasteiger charge is -2.31. The van der Waals surface area contributed by atoms with Crippen LogP contribution in [-0.4, -0.2) is 18.0 Å². The summed E-state index contributed by atoms with van der Waals surface area (Å²) in [4.78, 5) is 4.48. The minimum absolute atomic E-state index is 0.0736. The van der Waals surface area contributed by atoms with Crippen LogP contribution < -0.4 is 0 Å².